The Morgan fingerprint density at radius 3 is 2.58 bits per heavy atom. The predicted molar refractivity (Wildman–Crippen MR) is 121 cm³/mol. The van der Waals surface area contributed by atoms with Gasteiger partial charge in [-0.25, -0.2) is 5.43 Å². The van der Waals surface area contributed by atoms with Gasteiger partial charge >= 0.3 is 0 Å². The number of phenols is 1. The van der Waals surface area contributed by atoms with Gasteiger partial charge in [0.25, 0.3) is 5.91 Å². The first-order valence-corrected chi connectivity index (χ1v) is 9.89. The minimum absolute atomic E-state index is 0.0282. The normalized spacial score (nSPS) is 11.0. The summed E-state index contributed by atoms with van der Waals surface area (Å²) in [4.78, 5) is 12.3. The summed E-state index contributed by atoms with van der Waals surface area (Å²) < 4.78 is 1.86. The summed E-state index contributed by atoms with van der Waals surface area (Å²) in [5.74, 6) is -0.374. The van der Waals surface area contributed by atoms with Gasteiger partial charge in [-0.05, 0) is 30.7 Å². The number of carbonyl (C=O) groups excluding carboxylic acids is 1. The largest absolute Gasteiger partial charge is 0.508 e. The van der Waals surface area contributed by atoms with E-state index in [1.807, 2.05) is 60.3 Å². The van der Waals surface area contributed by atoms with Crippen molar-refractivity contribution in [3.63, 3.8) is 0 Å². The predicted octanol–water partition coefficient (Wildman–Crippen LogP) is 4.38. The number of aromatic nitrogens is 2. The molecule has 31 heavy (non-hydrogen) atoms. The van der Waals surface area contributed by atoms with E-state index in [2.05, 4.69) is 22.7 Å². The summed E-state index contributed by atoms with van der Waals surface area (Å²) in [6.45, 7) is 2.67. The molecule has 0 aliphatic carbocycles. The highest BCUT2D eigenvalue weighted by atomic mass is 16.3. The van der Waals surface area contributed by atoms with Crippen LogP contribution in [-0.4, -0.2) is 27.0 Å². The highest BCUT2D eigenvalue weighted by Crippen LogP contribution is 2.22. The van der Waals surface area contributed by atoms with Crippen LogP contribution < -0.4 is 5.43 Å². The molecule has 2 N–H and O–H groups in total. The maximum atomic E-state index is 12.3. The molecule has 0 atom stereocenters. The average molecular weight is 410 g/mol. The van der Waals surface area contributed by atoms with Gasteiger partial charge in [0.1, 0.15) is 11.4 Å². The smallest absolute Gasteiger partial charge is 0.271 e. The Morgan fingerprint density at radius 2 is 1.84 bits per heavy atom. The highest BCUT2D eigenvalue weighted by Gasteiger charge is 2.11. The molecule has 0 fully saturated rings. The molecule has 0 saturated heterocycles. The fourth-order valence-corrected chi connectivity index (χ4v) is 3.19. The summed E-state index contributed by atoms with van der Waals surface area (Å²) >= 11 is 0. The standard InChI is InChI=1S/C25H22N4O2/c1-18-10-12-20(13-11-18)24-22(17-29(28-24)16-19-6-3-2-4-7-19)15-26-27-25(31)21-8-5-9-23(30)14-21/h2-15,17,30H,16H2,1H3,(H,27,31)/b26-15-. The maximum absolute atomic E-state index is 12.3. The molecule has 154 valence electrons. The van der Waals surface area contributed by atoms with Crippen molar-refractivity contribution in [2.24, 2.45) is 5.10 Å². The summed E-state index contributed by atoms with van der Waals surface area (Å²) in [7, 11) is 0. The number of phenolic OH excluding ortho intramolecular Hbond substituents is 1. The van der Waals surface area contributed by atoms with Crippen LogP contribution >= 0.6 is 0 Å². The Bertz CT molecular complexity index is 1210. The van der Waals surface area contributed by atoms with Gasteiger partial charge in [0.05, 0.1) is 12.8 Å². The molecule has 1 amide bonds. The second kappa shape index (κ2) is 9.09. The Morgan fingerprint density at radius 1 is 1.06 bits per heavy atom. The number of benzene rings is 3. The van der Waals surface area contributed by atoms with Crippen molar-refractivity contribution in [2.45, 2.75) is 13.5 Å². The van der Waals surface area contributed by atoms with Gasteiger partial charge in [0.2, 0.25) is 0 Å². The van der Waals surface area contributed by atoms with E-state index >= 15 is 0 Å². The van der Waals surface area contributed by atoms with Crippen molar-refractivity contribution in [1.82, 2.24) is 15.2 Å². The number of hydrogen-bond donors (Lipinski definition) is 2. The van der Waals surface area contributed by atoms with E-state index in [1.165, 1.54) is 17.7 Å². The van der Waals surface area contributed by atoms with E-state index in [4.69, 9.17) is 5.10 Å². The average Bonchev–Trinajstić information content (AvgIpc) is 3.17. The van der Waals surface area contributed by atoms with Crippen molar-refractivity contribution in [2.75, 3.05) is 0 Å². The van der Waals surface area contributed by atoms with E-state index in [9.17, 15) is 9.90 Å². The molecule has 0 aliphatic heterocycles. The van der Waals surface area contributed by atoms with Crippen LogP contribution in [0.5, 0.6) is 5.75 Å². The molecule has 3 aromatic carbocycles. The summed E-state index contributed by atoms with van der Waals surface area (Å²) in [6, 6.07) is 24.3. The van der Waals surface area contributed by atoms with Gasteiger partial charge in [0, 0.05) is 22.9 Å². The number of aromatic hydroxyl groups is 1. The Hall–Kier alpha value is -4.19. The summed E-state index contributed by atoms with van der Waals surface area (Å²) in [5.41, 5.74) is 7.68. The Balaban J connectivity index is 1.59. The third-order valence-corrected chi connectivity index (χ3v) is 4.78. The SMILES string of the molecule is Cc1ccc(-c2nn(Cc3ccccc3)cc2/C=N\NC(=O)c2cccc(O)c2)cc1. The molecule has 0 unspecified atom stereocenters. The number of nitrogens with one attached hydrogen (secondary N) is 1. The second-order valence-electron chi connectivity index (χ2n) is 7.23. The first kappa shape index (κ1) is 20.1. The molecule has 1 aromatic heterocycles. The molecule has 0 spiro atoms. The lowest BCUT2D eigenvalue weighted by Gasteiger charge is -2.02. The van der Waals surface area contributed by atoms with Crippen LogP contribution in [-0.2, 0) is 6.54 Å². The van der Waals surface area contributed by atoms with E-state index < -0.39 is 5.91 Å². The molecule has 1 heterocycles. The molecule has 0 aliphatic rings. The van der Waals surface area contributed by atoms with Crippen LogP contribution in [0.25, 0.3) is 11.3 Å². The number of hydrazone groups is 1. The molecule has 4 aromatic rings. The van der Waals surface area contributed by atoms with Gasteiger partial charge in [-0.15, -0.1) is 0 Å². The van der Waals surface area contributed by atoms with Crippen LogP contribution in [0, 0.1) is 6.92 Å². The Labute approximate surface area is 180 Å². The number of aryl methyl sites for hydroxylation is 1. The fraction of sp³-hybridized carbons (Fsp3) is 0.0800. The molecule has 4 rings (SSSR count). The quantitative estimate of drug-likeness (QED) is 0.366. The monoisotopic (exact) mass is 410 g/mol. The molecule has 0 radical (unpaired) electrons. The van der Waals surface area contributed by atoms with Gasteiger partial charge in [-0.3, -0.25) is 9.48 Å². The fourth-order valence-electron chi connectivity index (χ4n) is 3.19. The van der Waals surface area contributed by atoms with Gasteiger partial charge in [-0.1, -0.05) is 66.2 Å². The van der Waals surface area contributed by atoms with Gasteiger partial charge in [0.15, 0.2) is 0 Å². The van der Waals surface area contributed by atoms with Crippen LogP contribution in [0.1, 0.15) is 27.0 Å². The molecular weight excluding hydrogens is 388 g/mol. The topological polar surface area (TPSA) is 79.5 Å². The first-order chi connectivity index (χ1) is 15.1. The van der Waals surface area contributed by atoms with Gasteiger partial charge < -0.3 is 5.11 Å². The zero-order valence-corrected chi connectivity index (χ0v) is 17.1. The zero-order chi connectivity index (χ0) is 21.6. The van der Waals surface area contributed by atoms with E-state index in [1.54, 1.807) is 18.3 Å². The van der Waals surface area contributed by atoms with E-state index in [0.717, 1.165) is 22.4 Å². The Kier molecular flexibility index (Phi) is 5.89. The molecule has 0 bridgehead atoms. The zero-order valence-electron chi connectivity index (χ0n) is 17.1. The molecule has 6 nitrogen and oxygen atoms in total. The van der Waals surface area contributed by atoms with Crippen molar-refractivity contribution in [3.8, 4) is 17.0 Å². The van der Waals surface area contributed by atoms with Crippen molar-refractivity contribution < 1.29 is 9.90 Å². The summed E-state index contributed by atoms with van der Waals surface area (Å²) in [6.07, 6.45) is 3.50. The van der Waals surface area contributed by atoms with Crippen LogP contribution in [0.3, 0.4) is 0 Å². The number of amides is 1. The van der Waals surface area contributed by atoms with Crippen molar-refractivity contribution >= 4 is 12.1 Å². The first-order valence-electron chi connectivity index (χ1n) is 9.89. The van der Waals surface area contributed by atoms with Crippen LogP contribution in [0.4, 0.5) is 0 Å². The van der Waals surface area contributed by atoms with E-state index in [-0.39, 0.29) is 5.75 Å². The highest BCUT2D eigenvalue weighted by molar-refractivity contribution is 5.96. The lowest BCUT2D eigenvalue weighted by molar-refractivity contribution is 0.0954. The number of rotatable bonds is 6. The lowest BCUT2D eigenvalue weighted by Crippen LogP contribution is -2.17. The minimum Gasteiger partial charge on any atom is -0.508 e. The van der Waals surface area contributed by atoms with E-state index in [0.29, 0.717) is 12.1 Å². The molecular formula is C25H22N4O2. The molecule has 6 heteroatoms. The number of hydrogen-bond acceptors (Lipinski definition) is 4. The third kappa shape index (κ3) is 5.05. The molecule has 0 saturated carbocycles. The third-order valence-electron chi connectivity index (χ3n) is 4.78. The van der Waals surface area contributed by atoms with Crippen molar-refractivity contribution in [3.05, 3.63) is 107 Å². The van der Waals surface area contributed by atoms with Gasteiger partial charge in [-0.2, -0.15) is 10.2 Å². The maximum Gasteiger partial charge on any atom is 0.271 e. The number of nitrogens with zero attached hydrogens (tertiary/aromatic N) is 3. The minimum atomic E-state index is -0.402. The van der Waals surface area contributed by atoms with Crippen LogP contribution in [0.2, 0.25) is 0 Å². The second-order valence-corrected chi connectivity index (χ2v) is 7.23. The summed E-state index contributed by atoms with van der Waals surface area (Å²) in [5, 5.41) is 18.4. The van der Waals surface area contributed by atoms with Crippen molar-refractivity contribution in [1.29, 1.82) is 0 Å². The van der Waals surface area contributed by atoms with Crippen LogP contribution in [0.15, 0.2) is 90.2 Å². The lowest BCUT2D eigenvalue weighted by atomic mass is 10.1. The number of carbonyl (C=O) groups is 1.